The number of amides is 1. The molecule has 0 spiro atoms. The molecule has 0 heterocycles. The van der Waals surface area contributed by atoms with E-state index in [0.717, 1.165) is 25.9 Å². The maximum Gasteiger partial charge on any atom is 0.223 e. The molecule has 0 rings (SSSR count). The summed E-state index contributed by atoms with van der Waals surface area (Å²) in [7, 11) is 0. The average Bonchev–Trinajstić information content (AvgIpc) is 2.64. The van der Waals surface area contributed by atoms with E-state index in [1.165, 1.54) is 89.9 Å². The van der Waals surface area contributed by atoms with Gasteiger partial charge in [-0.3, -0.25) is 4.79 Å². The quantitative estimate of drug-likeness (QED) is 0.251. The highest BCUT2D eigenvalue weighted by Gasteiger charge is 2.11. The first-order valence-electron chi connectivity index (χ1n) is 11.7. The lowest BCUT2D eigenvalue weighted by atomic mass is 10.1. The van der Waals surface area contributed by atoms with Crippen molar-refractivity contribution in [3.63, 3.8) is 0 Å². The summed E-state index contributed by atoms with van der Waals surface area (Å²) in [5.74, 6) is 0.262. The smallest absolute Gasteiger partial charge is 0.223 e. The fraction of sp³-hybridized carbons (Fsp3) is 0.957. The normalized spacial score (nSPS) is 11.0. The first-order valence-corrected chi connectivity index (χ1v) is 11.7. The Morgan fingerprint density at radius 1 is 0.615 bits per heavy atom. The lowest BCUT2D eigenvalue weighted by molar-refractivity contribution is -0.131. The van der Waals surface area contributed by atoms with Gasteiger partial charge in [0, 0.05) is 26.1 Å². The van der Waals surface area contributed by atoms with E-state index >= 15 is 0 Å². The van der Waals surface area contributed by atoms with Gasteiger partial charge in [-0.15, -0.1) is 0 Å². The maximum atomic E-state index is 12.3. The van der Waals surface area contributed by atoms with Crippen molar-refractivity contribution < 1.29 is 4.79 Å². The lowest BCUT2D eigenvalue weighted by Crippen LogP contribution is -2.34. The Morgan fingerprint density at radius 3 is 1.31 bits per heavy atom. The SMILES string of the molecule is CCCCCCCCCCN(CCCCCCCCCC)C(=O)CCN. The van der Waals surface area contributed by atoms with E-state index < -0.39 is 0 Å². The van der Waals surface area contributed by atoms with Crippen LogP contribution in [0.2, 0.25) is 0 Å². The molecule has 0 aliphatic heterocycles. The summed E-state index contributed by atoms with van der Waals surface area (Å²) >= 11 is 0. The Balaban J connectivity index is 3.76. The van der Waals surface area contributed by atoms with E-state index in [2.05, 4.69) is 18.7 Å². The minimum atomic E-state index is 0.262. The lowest BCUT2D eigenvalue weighted by Gasteiger charge is -2.22. The summed E-state index contributed by atoms with van der Waals surface area (Å²) in [5, 5.41) is 0. The van der Waals surface area contributed by atoms with Gasteiger partial charge in [0.05, 0.1) is 0 Å². The zero-order valence-electron chi connectivity index (χ0n) is 18.1. The Kier molecular flexibility index (Phi) is 20.3. The van der Waals surface area contributed by atoms with Crippen LogP contribution in [0.5, 0.6) is 0 Å². The molecule has 0 fully saturated rings. The molecular weight excluding hydrogens is 320 g/mol. The second kappa shape index (κ2) is 20.7. The number of carbonyl (C=O) groups is 1. The van der Waals surface area contributed by atoms with Crippen LogP contribution in [0.3, 0.4) is 0 Å². The standard InChI is InChI=1S/C23H48N2O/c1-3-5-7-9-11-13-15-17-21-25(23(26)19-20-24)22-18-16-14-12-10-8-6-4-2/h3-22,24H2,1-2H3. The molecule has 156 valence electrons. The molecular formula is C23H48N2O. The molecule has 0 atom stereocenters. The second-order valence-electron chi connectivity index (χ2n) is 7.87. The molecule has 26 heavy (non-hydrogen) atoms. The van der Waals surface area contributed by atoms with Gasteiger partial charge in [-0.25, -0.2) is 0 Å². The van der Waals surface area contributed by atoms with Gasteiger partial charge >= 0.3 is 0 Å². The first kappa shape index (κ1) is 25.4. The molecule has 3 heteroatoms. The van der Waals surface area contributed by atoms with Gasteiger partial charge in [0.1, 0.15) is 0 Å². The van der Waals surface area contributed by atoms with Gasteiger partial charge in [0.25, 0.3) is 0 Å². The van der Waals surface area contributed by atoms with Crippen LogP contribution < -0.4 is 5.73 Å². The fourth-order valence-corrected chi connectivity index (χ4v) is 3.52. The third-order valence-corrected chi connectivity index (χ3v) is 5.27. The molecule has 0 saturated heterocycles. The van der Waals surface area contributed by atoms with E-state index in [1.807, 2.05) is 0 Å². The highest BCUT2D eigenvalue weighted by molar-refractivity contribution is 5.76. The summed E-state index contributed by atoms with van der Waals surface area (Å²) in [6.07, 6.45) is 21.6. The van der Waals surface area contributed by atoms with E-state index in [-0.39, 0.29) is 5.91 Å². The molecule has 0 bridgehead atoms. The van der Waals surface area contributed by atoms with Gasteiger partial charge < -0.3 is 10.6 Å². The van der Waals surface area contributed by atoms with Crippen LogP contribution in [0.15, 0.2) is 0 Å². The molecule has 0 radical (unpaired) electrons. The third kappa shape index (κ3) is 16.9. The van der Waals surface area contributed by atoms with Crippen molar-refractivity contribution in [1.82, 2.24) is 4.90 Å². The van der Waals surface area contributed by atoms with Crippen LogP contribution >= 0.6 is 0 Å². The van der Waals surface area contributed by atoms with Crippen molar-refractivity contribution in [2.45, 2.75) is 123 Å². The molecule has 0 aromatic carbocycles. The fourth-order valence-electron chi connectivity index (χ4n) is 3.52. The summed E-state index contributed by atoms with van der Waals surface area (Å²) < 4.78 is 0. The molecule has 1 amide bonds. The topological polar surface area (TPSA) is 46.3 Å². The van der Waals surface area contributed by atoms with Crippen molar-refractivity contribution >= 4 is 5.91 Å². The van der Waals surface area contributed by atoms with Crippen LogP contribution in [0.1, 0.15) is 123 Å². The van der Waals surface area contributed by atoms with Crippen LogP contribution in [0.25, 0.3) is 0 Å². The largest absolute Gasteiger partial charge is 0.343 e. The van der Waals surface area contributed by atoms with Gasteiger partial charge in [0.15, 0.2) is 0 Å². The number of nitrogens with two attached hydrogens (primary N) is 1. The van der Waals surface area contributed by atoms with E-state index in [4.69, 9.17) is 5.73 Å². The summed E-state index contributed by atoms with van der Waals surface area (Å²) in [6, 6.07) is 0. The van der Waals surface area contributed by atoms with Crippen molar-refractivity contribution in [3.8, 4) is 0 Å². The Hall–Kier alpha value is -0.570. The van der Waals surface area contributed by atoms with Crippen molar-refractivity contribution in [2.75, 3.05) is 19.6 Å². The van der Waals surface area contributed by atoms with Gasteiger partial charge in [0.2, 0.25) is 5.91 Å². The number of hydrogen-bond donors (Lipinski definition) is 1. The highest BCUT2D eigenvalue weighted by atomic mass is 16.2. The minimum Gasteiger partial charge on any atom is -0.343 e. The zero-order chi connectivity index (χ0) is 19.3. The van der Waals surface area contributed by atoms with Crippen LogP contribution in [-0.4, -0.2) is 30.4 Å². The molecule has 0 unspecified atom stereocenters. The molecule has 2 N–H and O–H groups in total. The molecule has 0 aromatic heterocycles. The Labute approximate surface area is 164 Å². The van der Waals surface area contributed by atoms with Crippen molar-refractivity contribution in [3.05, 3.63) is 0 Å². The predicted molar refractivity (Wildman–Crippen MR) is 115 cm³/mol. The van der Waals surface area contributed by atoms with Crippen LogP contribution in [0.4, 0.5) is 0 Å². The van der Waals surface area contributed by atoms with Gasteiger partial charge in [-0.1, -0.05) is 104 Å². The highest BCUT2D eigenvalue weighted by Crippen LogP contribution is 2.11. The van der Waals surface area contributed by atoms with Crippen LogP contribution in [-0.2, 0) is 4.79 Å². The first-order chi connectivity index (χ1) is 12.8. The zero-order valence-corrected chi connectivity index (χ0v) is 18.1. The summed E-state index contributed by atoms with van der Waals surface area (Å²) in [4.78, 5) is 14.3. The van der Waals surface area contributed by atoms with Crippen molar-refractivity contribution in [1.29, 1.82) is 0 Å². The molecule has 3 nitrogen and oxygen atoms in total. The number of hydrogen-bond acceptors (Lipinski definition) is 2. The molecule has 0 aromatic rings. The minimum absolute atomic E-state index is 0.262. The number of unbranched alkanes of at least 4 members (excludes halogenated alkanes) is 14. The average molecular weight is 369 g/mol. The van der Waals surface area contributed by atoms with E-state index in [9.17, 15) is 4.79 Å². The number of rotatable bonds is 20. The van der Waals surface area contributed by atoms with E-state index in [1.54, 1.807) is 0 Å². The Morgan fingerprint density at radius 2 is 0.962 bits per heavy atom. The maximum absolute atomic E-state index is 12.3. The van der Waals surface area contributed by atoms with Gasteiger partial charge in [-0.2, -0.15) is 0 Å². The summed E-state index contributed by atoms with van der Waals surface area (Å²) in [5.41, 5.74) is 5.59. The Bertz CT molecular complexity index is 274. The van der Waals surface area contributed by atoms with Crippen LogP contribution in [0, 0.1) is 0 Å². The third-order valence-electron chi connectivity index (χ3n) is 5.27. The monoisotopic (exact) mass is 368 g/mol. The molecule has 0 aliphatic rings. The number of carbonyl (C=O) groups excluding carboxylic acids is 1. The van der Waals surface area contributed by atoms with E-state index in [0.29, 0.717) is 13.0 Å². The van der Waals surface area contributed by atoms with Crippen molar-refractivity contribution in [2.24, 2.45) is 5.73 Å². The molecule has 0 saturated carbocycles. The summed E-state index contributed by atoms with van der Waals surface area (Å²) in [6.45, 7) is 6.87. The predicted octanol–water partition coefficient (Wildman–Crippen LogP) is 6.45. The number of nitrogens with zero attached hydrogens (tertiary/aromatic N) is 1. The molecule has 0 aliphatic carbocycles. The second-order valence-corrected chi connectivity index (χ2v) is 7.87. The van der Waals surface area contributed by atoms with Gasteiger partial charge in [-0.05, 0) is 12.8 Å².